The Morgan fingerprint density at radius 2 is 2.00 bits per heavy atom. The number of hydrogen-bond donors (Lipinski definition) is 0. The van der Waals surface area contributed by atoms with Crippen LogP contribution in [0.1, 0.15) is 25.7 Å². The quantitative estimate of drug-likeness (QED) is 0.727. The van der Waals surface area contributed by atoms with Crippen LogP contribution in [0.5, 0.6) is 0 Å². The Labute approximate surface area is 89.9 Å². The first-order chi connectivity index (χ1) is 7.43. The van der Waals surface area contributed by atoms with E-state index in [-0.39, 0.29) is 0 Å². The molecule has 1 aliphatic carbocycles. The summed E-state index contributed by atoms with van der Waals surface area (Å²) in [6.07, 6.45) is 7.61. The fraction of sp³-hybridized carbons (Fsp3) is 0.462. The Hall–Kier alpha value is -1.31. The van der Waals surface area contributed by atoms with Crippen LogP contribution in [0.2, 0.25) is 0 Å². The Bertz CT molecular complexity index is 452. The molecule has 0 amide bonds. The average molecular weight is 200 g/mol. The van der Waals surface area contributed by atoms with Crippen molar-refractivity contribution < 1.29 is 0 Å². The predicted molar refractivity (Wildman–Crippen MR) is 61.7 cm³/mol. The normalized spacial score (nSPS) is 17.6. The van der Waals surface area contributed by atoms with E-state index in [1.807, 2.05) is 6.33 Å². The first-order valence-electron chi connectivity index (χ1n) is 5.83. The first kappa shape index (κ1) is 8.96. The van der Waals surface area contributed by atoms with Crippen LogP contribution in [0, 0.1) is 5.92 Å². The smallest absolute Gasteiger partial charge is 0.0958 e. The summed E-state index contributed by atoms with van der Waals surface area (Å²) in [5.41, 5.74) is 2.40. The maximum Gasteiger partial charge on any atom is 0.0958 e. The molecule has 1 aliphatic rings. The third-order valence-corrected chi connectivity index (χ3v) is 3.46. The number of para-hydroxylation sites is 2. The van der Waals surface area contributed by atoms with Gasteiger partial charge in [-0.2, -0.15) is 0 Å². The second-order valence-corrected chi connectivity index (χ2v) is 4.54. The summed E-state index contributed by atoms with van der Waals surface area (Å²) in [4.78, 5) is 4.42. The van der Waals surface area contributed by atoms with Gasteiger partial charge in [0.15, 0.2) is 0 Å². The van der Waals surface area contributed by atoms with Crippen LogP contribution in [0.15, 0.2) is 30.6 Å². The summed E-state index contributed by atoms with van der Waals surface area (Å²) >= 11 is 0. The molecule has 78 valence electrons. The zero-order chi connectivity index (χ0) is 10.1. The Kier molecular flexibility index (Phi) is 2.20. The van der Waals surface area contributed by atoms with Crippen molar-refractivity contribution in [3.05, 3.63) is 30.6 Å². The van der Waals surface area contributed by atoms with Gasteiger partial charge in [-0.1, -0.05) is 25.0 Å². The molecular formula is C13H16N2. The number of aromatic nitrogens is 2. The van der Waals surface area contributed by atoms with Gasteiger partial charge >= 0.3 is 0 Å². The number of fused-ring (bicyclic) bond motifs is 1. The van der Waals surface area contributed by atoms with Crippen LogP contribution in [0.4, 0.5) is 0 Å². The average Bonchev–Trinajstić information content (AvgIpc) is 2.89. The van der Waals surface area contributed by atoms with Crippen molar-refractivity contribution in [2.45, 2.75) is 32.2 Å². The molecule has 2 heteroatoms. The maximum atomic E-state index is 4.42. The second kappa shape index (κ2) is 3.69. The van der Waals surface area contributed by atoms with Crippen molar-refractivity contribution in [3.8, 4) is 0 Å². The molecule has 0 spiro atoms. The highest BCUT2D eigenvalue weighted by atomic mass is 15.0. The number of hydrogen-bond acceptors (Lipinski definition) is 1. The number of rotatable bonds is 2. The second-order valence-electron chi connectivity index (χ2n) is 4.54. The molecule has 0 saturated heterocycles. The van der Waals surface area contributed by atoms with E-state index in [1.165, 1.54) is 31.2 Å². The topological polar surface area (TPSA) is 17.8 Å². The minimum Gasteiger partial charge on any atom is -0.330 e. The summed E-state index contributed by atoms with van der Waals surface area (Å²) in [5, 5.41) is 0. The lowest BCUT2D eigenvalue weighted by atomic mass is 10.1. The van der Waals surface area contributed by atoms with E-state index < -0.39 is 0 Å². The SMILES string of the molecule is c1ccc2c(c1)ncn2CC1CCCC1. The Morgan fingerprint density at radius 1 is 1.20 bits per heavy atom. The number of nitrogens with zero attached hydrogens (tertiary/aromatic N) is 2. The first-order valence-corrected chi connectivity index (χ1v) is 5.83. The highest BCUT2D eigenvalue weighted by Crippen LogP contribution is 2.27. The monoisotopic (exact) mass is 200 g/mol. The van der Waals surface area contributed by atoms with Crippen LogP contribution in [-0.2, 0) is 6.54 Å². The lowest BCUT2D eigenvalue weighted by Gasteiger charge is -2.10. The Balaban J connectivity index is 1.90. The minimum atomic E-state index is 0.877. The molecule has 2 aromatic rings. The van der Waals surface area contributed by atoms with Crippen molar-refractivity contribution >= 4 is 11.0 Å². The molecule has 15 heavy (non-hydrogen) atoms. The van der Waals surface area contributed by atoms with E-state index in [0.717, 1.165) is 18.0 Å². The molecule has 0 N–H and O–H groups in total. The predicted octanol–water partition coefficient (Wildman–Crippen LogP) is 3.23. The molecule has 2 nitrogen and oxygen atoms in total. The van der Waals surface area contributed by atoms with Gasteiger partial charge in [0.1, 0.15) is 0 Å². The van der Waals surface area contributed by atoms with Crippen LogP contribution in [-0.4, -0.2) is 9.55 Å². The van der Waals surface area contributed by atoms with Crippen molar-refractivity contribution in [2.75, 3.05) is 0 Å². The molecule has 0 atom stereocenters. The van der Waals surface area contributed by atoms with Crippen LogP contribution >= 0.6 is 0 Å². The summed E-state index contributed by atoms with van der Waals surface area (Å²) in [6.45, 7) is 1.15. The lowest BCUT2D eigenvalue weighted by molar-refractivity contribution is 0.464. The van der Waals surface area contributed by atoms with Gasteiger partial charge in [0.05, 0.1) is 17.4 Å². The van der Waals surface area contributed by atoms with E-state index in [2.05, 4.69) is 33.8 Å². The summed E-state index contributed by atoms with van der Waals surface area (Å²) in [7, 11) is 0. The third-order valence-electron chi connectivity index (χ3n) is 3.46. The van der Waals surface area contributed by atoms with Gasteiger partial charge in [0.2, 0.25) is 0 Å². The van der Waals surface area contributed by atoms with Gasteiger partial charge in [0, 0.05) is 6.54 Å². The molecule has 3 rings (SSSR count). The van der Waals surface area contributed by atoms with Gasteiger partial charge in [-0.05, 0) is 30.9 Å². The van der Waals surface area contributed by atoms with E-state index >= 15 is 0 Å². The molecule has 0 unspecified atom stereocenters. The molecule has 1 saturated carbocycles. The molecular weight excluding hydrogens is 184 g/mol. The van der Waals surface area contributed by atoms with Crippen LogP contribution in [0.25, 0.3) is 11.0 Å². The van der Waals surface area contributed by atoms with Gasteiger partial charge in [-0.25, -0.2) is 4.98 Å². The number of benzene rings is 1. The van der Waals surface area contributed by atoms with E-state index in [9.17, 15) is 0 Å². The summed E-state index contributed by atoms with van der Waals surface area (Å²) < 4.78 is 2.31. The van der Waals surface area contributed by atoms with Crippen LogP contribution < -0.4 is 0 Å². The van der Waals surface area contributed by atoms with Crippen molar-refractivity contribution in [1.82, 2.24) is 9.55 Å². The molecule has 0 bridgehead atoms. The fourth-order valence-electron chi connectivity index (χ4n) is 2.63. The number of imidazole rings is 1. The highest BCUT2D eigenvalue weighted by molar-refractivity contribution is 5.74. The molecule has 0 radical (unpaired) electrons. The van der Waals surface area contributed by atoms with Gasteiger partial charge in [-0.15, -0.1) is 0 Å². The molecule has 1 aromatic heterocycles. The molecule has 1 fully saturated rings. The zero-order valence-electron chi connectivity index (χ0n) is 8.89. The van der Waals surface area contributed by atoms with E-state index in [4.69, 9.17) is 0 Å². The minimum absolute atomic E-state index is 0.877. The molecule has 0 aliphatic heterocycles. The van der Waals surface area contributed by atoms with Gasteiger partial charge < -0.3 is 4.57 Å². The van der Waals surface area contributed by atoms with Crippen molar-refractivity contribution in [1.29, 1.82) is 0 Å². The summed E-state index contributed by atoms with van der Waals surface area (Å²) in [6, 6.07) is 8.39. The maximum absolute atomic E-state index is 4.42. The van der Waals surface area contributed by atoms with Crippen LogP contribution in [0.3, 0.4) is 0 Å². The third kappa shape index (κ3) is 1.65. The van der Waals surface area contributed by atoms with E-state index in [1.54, 1.807) is 0 Å². The van der Waals surface area contributed by atoms with Gasteiger partial charge in [-0.3, -0.25) is 0 Å². The lowest BCUT2D eigenvalue weighted by Crippen LogP contribution is -2.05. The largest absolute Gasteiger partial charge is 0.330 e. The fourth-order valence-corrected chi connectivity index (χ4v) is 2.63. The van der Waals surface area contributed by atoms with Crippen molar-refractivity contribution in [2.24, 2.45) is 5.92 Å². The summed E-state index contributed by atoms with van der Waals surface area (Å²) in [5.74, 6) is 0.877. The Morgan fingerprint density at radius 3 is 2.87 bits per heavy atom. The van der Waals surface area contributed by atoms with E-state index in [0.29, 0.717) is 0 Å². The van der Waals surface area contributed by atoms with Gasteiger partial charge in [0.25, 0.3) is 0 Å². The van der Waals surface area contributed by atoms with Crippen molar-refractivity contribution in [3.63, 3.8) is 0 Å². The standard InChI is InChI=1S/C13H16N2/c1-2-6-11(5-1)9-15-10-14-12-7-3-4-8-13(12)15/h3-4,7-8,10-11H,1-2,5-6,9H2. The highest BCUT2D eigenvalue weighted by Gasteiger charge is 2.16. The molecule has 1 heterocycles. The zero-order valence-corrected chi connectivity index (χ0v) is 8.89. The molecule has 1 aromatic carbocycles.